The number of para-hydroxylation sites is 2. The van der Waals surface area contributed by atoms with Crippen LogP contribution in [0.25, 0.3) is 10.9 Å². The molecule has 0 radical (unpaired) electrons. The van der Waals surface area contributed by atoms with Crippen molar-refractivity contribution in [3.8, 4) is 6.07 Å². The van der Waals surface area contributed by atoms with Gasteiger partial charge in [-0.1, -0.05) is 48.9 Å². The minimum absolute atomic E-state index is 0.0290. The van der Waals surface area contributed by atoms with Crippen molar-refractivity contribution in [3.05, 3.63) is 58.9 Å². The second-order valence-electron chi connectivity index (χ2n) is 7.30. The number of thioether (sulfide) groups is 2. The summed E-state index contributed by atoms with van der Waals surface area (Å²) in [6.45, 7) is 0. The van der Waals surface area contributed by atoms with Gasteiger partial charge in [0.2, 0.25) is 5.91 Å². The first-order valence-corrected chi connectivity index (χ1v) is 12.2. The second kappa shape index (κ2) is 10.0. The third-order valence-corrected chi connectivity index (χ3v) is 7.14. The van der Waals surface area contributed by atoms with E-state index in [2.05, 4.69) is 11.4 Å². The van der Waals surface area contributed by atoms with E-state index in [4.69, 9.17) is 10.2 Å². The Kier molecular flexibility index (Phi) is 6.95. The van der Waals surface area contributed by atoms with Gasteiger partial charge in [-0.25, -0.2) is 4.98 Å². The maximum atomic E-state index is 13.2. The van der Waals surface area contributed by atoms with Crippen molar-refractivity contribution in [3.63, 3.8) is 0 Å². The molecule has 8 heteroatoms. The van der Waals surface area contributed by atoms with Crippen molar-refractivity contribution in [2.24, 2.45) is 0 Å². The zero-order chi connectivity index (χ0) is 21.6. The predicted octanol–water partition coefficient (Wildman–Crippen LogP) is 4.86. The van der Waals surface area contributed by atoms with Gasteiger partial charge >= 0.3 is 0 Å². The lowest BCUT2D eigenvalue weighted by Crippen LogP contribution is -2.27. The van der Waals surface area contributed by atoms with E-state index in [-0.39, 0.29) is 23.3 Å². The number of nitrogens with one attached hydrogen (secondary N) is 1. The SMILES string of the molecule is N#CCSc1ccccc1NC(=O)CSc1nc2ccccc2c(=O)n1C1CCCC1. The zero-order valence-corrected chi connectivity index (χ0v) is 18.5. The number of carbonyl (C=O) groups is 1. The summed E-state index contributed by atoms with van der Waals surface area (Å²) in [4.78, 5) is 31.4. The highest BCUT2D eigenvalue weighted by Crippen LogP contribution is 2.32. The molecule has 1 N–H and O–H groups in total. The molecule has 1 aromatic heterocycles. The number of benzene rings is 2. The van der Waals surface area contributed by atoms with Crippen LogP contribution in [-0.2, 0) is 4.79 Å². The summed E-state index contributed by atoms with van der Waals surface area (Å²) in [6.07, 6.45) is 4.13. The lowest BCUT2D eigenvalue weighted by molar-refractivity contribution is -0.113. The number of nitrogens with zero attached hydrogens (tertiary/aromatic N) is 3. The molecule has 1 aliphatic rings. The van der Waals surface area contributed by atoms with Crippen molar-refractivity contribution < 1.29 is 4.79 Å². The number of hydrogen-bond donors (Lipinski definition) is 1. The van der Waals surface area contributed by atoms with Crippen LogP contribution in [-0.4, -0.2) is 27.0 Å². The van der Waals surface area contributed by atoms with Crippen molar-refractivity contribution >= 4 is 46.0 Å². The molecule has 1 amide bonds. The van der Waals surface area contributed by atoms with Crippen LogP contribution >= 0.6 is 23.5 Å². The Labute approximate surface area is 189 Å². The smallest absolute Gasteiger partial charge is 0.262 e. The molecule has 1 heterocycles. The average molecular weight is 451 g/mol. The van der Waals surface area contributed by atoms with Crippen molar-refractivity contribution in [1.82, 2.24) is 9.55 Å². The van der Waals surface area contributed by atoms with E-state index >= 15 is 0 Å². The van der Waals surface area contributed by atoms with Crippen LogP contribution in [0.5, 0.6) is 0 Å². The van der Waals surface area contributed by atoms with E-state index in [1.165, 1.54) is 23.5 Å². The van der Waals surface area contributed by atoms with Gasteiger partial charge in [0, 0.05) is 10.9 Å². The van der Waals surface area contributed by atoms with E-state index < -0.39 is 0 Å². The molecular weight excluding hydrogens is 428 g/mol. The minimum atomic E-state index is -0.171. The molecule has 0 bridgehead atoms. The van der Waals surface area contributed by atoms with Gasteiger partial charge in [0.05, 0.1) is 34.2 Å². The van der Waals surface area contributed by atoms with Gasteiger partial charge in [0.25, 0.3) is 5.56 Å². The van der Waals surface area contributed by atoms with Crippen molar-refractivity contribution in [1.29, 1.82) is 5.26 Å². The van der Waals surface area contributed by atoms with Gasteiger partial charge in [-0.15, -0.1) is 11.8 Å². The largest absolute Gasteiger partial charge is 0.324 e. The number of rotatable bonds is 7. The molecule has 0 saturated heterocycles. The van der Waals surface area contributed by atoms with Gasteiger partial charge in [-0.3, -0.25) is 14.2 Å². The molecule has 0 atom stereocenters. The lowest BCUT2D eigenvalue weighted by atomic mass is 10.2. The Balaban J connectivity index is 1.55. The first-order chi connectivity index (χ1) is 15.2. The van der Waals surface area contributed by atoms with Crippen LogP contribution in [0.4, 0.5) is 5.69 Å². The fourth-order valence-corrected chi connectivity index (χ4v) is 5.37. The first-order valence-electron chi connectivity index (χ1n) is 10.2. The van der Waals surface area contributed by atoms with Gasteiger partial charge in [-0.05, 0) is 37.1 Å². The van der Waals surface area contributed by atoms with Crippen LogP contribution in [0.2, 0.25) is 0 Å². The monoisotopic (exact) mass is 450 g/mol. The number of aromatic nitrogens is 2. The molecule has 6 nitrogen and oxygen atoms in total. The van der Waals surface area contributed by atoms with Crippen LogP contribution in [0.15, 0.2) is 63.4 Å². The fourth-order valence-electron chi connectivity index (χ4n) is 3.83. The van der Waals surface area contributed by atoms with Gasteiger partial charge < -0.3 is 5.32 Å². The van der Waals surface area contributed by atoms with Crippen LogP contribution in [0.3, 0.4) is 0 Å². The molecule has 0 spiro atoms. The molecule has 0 aliphatic heterocycles. The maximum Gasteiger partial charge on any atom is 0.262 e. The summed E-state index contributed by atoms with van der Waals surface area (Å²) in [7, 11) is 0. The highest BCUT2D eigenvalue weighted by atomic mass is 32.2. The summed E-state index contributed by atoms with van der Waals surface area (Å²) in [5.74, 6) is 0.292. The number of fused-ring (bicyclic) bond motifs is 1. The lowest BCUT2D eigenvalue weighted by Gasteiger charge is -2.18. The summed E-state index contributed by atoms with van der Waals surface area (Å²) in [6, 6.07) is 17.0. The van der Waals surface area contributed by atoms with E-state index in [9.17, 15) is 9.59 Å². The van der Waals surface area contributed by atoms with Crippen molar-refractivity contribution in [2.45, 2.75) is 41.8 Å². The molecule has 2 aromatic carbocycles. The second-order valence-corrected chi connectivity index (χ2v) is 9.26. The van der Waals surface area contributed by atoms with Crippen LogP contribution in [0.1, 0.15) is 31.7 Å². The fraction of sp³-hybridized carbons (Fsp3) is 0.304. The summed E-state index contributed by atoms with van der Waals surface area (Å²) < 4.78 is 1.80. The first kappa shape index (κ1) is 21.5. The van der Waals surface area contributed by atoms with E-state index in [1.54, 1.807) is 4.57 Å². The number of nitriles is 1. The summed E-state index contributed by atoms with van der Waals surface area (Å²) in [5, 5.41) is 13.0. The standard InChI is InChI=1S/C23H22N4O2S2/c24-13-14-30-20-12-6-5-11-19(20)25-21(28)15-31-23-26-18-10-4-3-9-17(18)22(29)27(23)16-7-1-2-8-16/h3-6,9-12,16H,1-2,7-8,14-15H2,(H,25,28). The summed E-state index contributed by atoms with van der Waals surface area (Å²) in [5.41, 5.74) is 1.31. The predicted molar refractivity (Wildman–Crippen MR) is 126 cm³/mol. The van der Waals surface area contributed by atoms with Gasteiger partial charge in [-0.2, -0.15) is 5.26 Å². The van der Waals surface area contributed by atoms with Crippen LogP contribution < -0.4 is 10.9 Å². The van der Waals surface area contributed by atoms with Crippen LogP contribution in [0, 0.1) is 11.3 Å². The Bertz CT molecular complexity index is 1200. The molecule has 3 aromatic rings. The minimum Gasteiger partial charge on any atom is -0.324 e. The Morgan fingerprint density at radius 1 is 1.13 bits per heavy atom. The van der Waals surface area contributed by atoms with E-state index in [0.717, 1.165) is 30.6 Å². The normalized spacial score (nSPS) is 13.9. The molecule has 31 heavy (non-hydrogen) atoms. The number of anilines is 1. The third kappa shape index (κ3) is 4.94. The highest BCUT2D eigenvalue weighted by Gasteiger charge is 2.23. The highest BCUT2D eigenvalue weighted by molar-refractivity contribution is 8.00. The average Bonchev–Trinajstić information content (AvgIpc) is 3.31. The molecule has 0 unspecified atom stereocenters. The third-order valence-electron chi connectivity index (χ3n) is 5.25. The number of carbonyl (C=O) groups excluding carboxylic acids is 1. The molecule has 1 saturated carbocycles. The Morgan fingerprint density at radius 3 is 2.68 bits per heavy atom. The van der Waals surface area contributed by atoms with Crippen molar-refractivity contribution in [2.75, 3.05) is 16.8 Å². The number of hydrogen-bond acceptors (Lipinski definition) is 6. The summed E-state index contributed by atoms with van der Waals surface area (Å²) >= 11 is 2.68. The maximum absolute atomic E-state index is 13.2. The number of amides is 1. The topological polar surface area (TPSA) is 87.8 Å². The molecular formula is C23H22N4O2S2. The molecule has 1 fully saturated rings. The Morgan fingerprint density at radius 2 is 1.87 bits per heavy atom. The molecule has 158 valence electrons. The van der Waals surface area contributed by atoms with E-state index in [1.807, 2.05) is 48.5 Å². The molecule has 1 aliphatic carbocycles. The van der Waals surface area contributed by atoms with Gasteiger partial charge in [0.1, 0.15) is 0 Å². The van der Waals surface area contributed by atoms with Gasteiger partial charge in [0.15, 0.2) is 5.16 Å². The zero-order valence-electron chi connectivity index (χ0n) is 16.9. The Hall–Kier alpha value is -2.76. The molecule has 4 rings (SSSR count). The quantitative estimate of drug-likeness (QED) is 0.409. The van der Waals surface area contributed by atoms with E-state index in [0.29, 0.717) is 27.5 Å².